The van der Waals surface area contributed by atoms with Gasteiger partial charge in [-0.15, -0.1) is 0 Å². The zero-order chi connectivity index (χ0) is 13.0. The minimum atomic E-state index is -0.0330. The molecule has 3 heteroatoms. The topological polar surface area (TPSA) is 26.3 Å². The van der Waals surface area contributed by atoms with Crippen molar-refractivity contribution in [3.63, 3.8) is 0 Å². The number of benzene rings is 2. The summed E-state index contributed by atoms with van der Waals surface area (Å²) in [5, 5.41) is 1.52. The van der Waals surface area contributed by atoms with Crippen molar-refractivity contribution in [2.45, 2.75) is 0 Å². The highest BCUT2D eigenvalue weighted by atomic mass is 32.1. The van der Waals surface area contributed by atoms with E-state index in [-0.39, 0.29) is 5.78 Å². The summed E-state index contributed by atoms with van der Waals surface area (Å²) in [6.45, 7) is 0. The molecular weight excluding hydrogens is 244 g/mol. The number of methoxy groups -OCH3 is 1. The lowest BCUT2D eigenvalue weighted by Crippen LogP contribution is -2.04. The molecule has 2 rings (SSSR count). The summed E-state index contributed by atoms with van der Waals surface area (Å²) in [5.74, 6) is 0.698. The summed E-state index contributed by atoms with van der Waals surface area (Å²) in [4.78, 5) is 12.3. The van der Waals surface area contributed by atoms with Crippen molar-refractivity contribution in [2.24, 2.45) is 0 Å². The van der Waals surface area contributed by atoms with Crippen LogP contribution in [0.15, 0.2) is 48.5 Å². The molecule has 0 bridgehead atoms. The van der Waals surface area contributed by atoms with E-state index in [1.807, 2.05) is 18.2 Å². The van der Waals surface area contributed by atoms with Crippen LogP contribution in [-0.2, 0) is 0 Å². The summed E-state index contributed by atoms with van der Waals surface area (Å²) in [7, 11) is 1.60. The Balaban J connectivity index is 2.38. The third-order valence-corrected chi connectivity index (χ3v) is 2.94. The second-order valence-corrected chi connectivity index (χ2v) is 4.00. The molecule has 0 aliphatic heterocycles. The van der Waals surface area contributed by atoms with Crippen molar-refractivity contribution < 1.29 is 9.53 Å². The quantitative estimate of drug-likeness (QED) is 0.620. The van der Waals surface area contributed by atoms with Gasteiger partial charge in [-0.25, -0.2) is 0 Å². The van der Waals surface area contributed by atoms with Crippen molar-refractivity contribution in [3.8, 4) is 5.75 Å². The molecule has 0 aliphatic rings. The van der Waals surface area contributed by atoms with Crippen LogP contribution in [0.5, 0.6) is 5.75 Å². The van der Waals surface area contributed by atoms with Crippen LogP contribution in [0.4, 0.5) is 0 Å². The van der Waals surface area contributed by atoms with E-state index >= 15 is 0 Å². The van der Waals surface area contributed by atoms with Gasteiger partial charge in [0.2, 0.25) is 0 Å². The second-order valence-electron chi connectivity index (χ2n) is 3.76. The number of carbonyl (C=O) groups excluding carboxylic acids is 1. The number of thiocarbonyl (C=S) groups is 1. The van der Waals surface area contributed by atoms with Crippen molar-refractivity contribution in [1.29, 1.82) is 0 Å². The predicted octanol–water partition coefficient (Wildman–Crippen LogP) is 3.27. The Morgan fingerprint density at radius 2 is 1.78 bits per heavy atom. The molecule has 0 atom stereocenters. The fourth-order valence-electron chi connectivity index (χ4n) is 1.70. The highest BCUT2D eigenvalue weighted by Crippen LogP contribution is 2.16. The maximum atomic E-state index is 12.3. The van der Waals surface area contributed by atoms with E-state index in [4.69, 9.17) is 17.0 Å². The Labute approximate surface area is 111 Å². The number of ether oxygens (including phenoxy) is 1. The minimum Gasteiger partial charge on any atom is -0.497 e. The summed E-state index contributed by atoms with van der Waals surface area (Å²) in [6, 6.07) is 14.4. The Kier molecular flexibility index (Phi) is 3.85. The van der Waals surface area contributed by atoms with Gasteiger partial charge in [-0.1, -0.05) is 36.5 Å². The van der Waals surface area contributed by atoms with Crippen LogP contribution in [0.3, 0.4) is 0 Å². The van der Waals surface area contributed by atoms with Gasteiger partial charge in [0.1, 0.15) is 5.75 Å². The molecule has 0 heterocycles. The average Bonchev–Trinajstić information content (AvgIpc) is 2.46. The van der Waals surface area contributed by atoms with Gasteiger partial charge >= 0.3 is 0 Å². The second kappa shape index (κ2) is 5.56. The molecule has 0 radical (unpaired) electrons. The summed E-state index contributed by atoms with van der Waals surface area (Å²) >= 11 is 4.92. The molecule has 0 unspecified atom stereocenters. The first-order valence-corrected chi connectivity index (χ1v) is 5.96. The van der Waals surface area contributed by atoms with E-state index < -0.39 is 0 Å². The molecule has 0 fully saturated rings. The third kappa shape index (κ3) is 2.46. The minimum absolute atomic E-state index is 0.0330. The highest BCUT2D eigenvalue weighted by Gasteiger charge is 2.11. The predicted molar refractivity (Wildman–Crippen MR) is 75.6 cm³/mol. The molecule has 2 nitrogen and oxygen atoms in total. The zero-order valence-corrected chi connectivity index (χ0v) is 10.7. The van der Waals surface area contributed by atoms with E-state index in [1.165, 1.54) is 5.37 Å². The first-order valence-electron chi connectivity index (χ1n) is 5.49. The molecule has 2 aromatic carbocycles. The molecule has 90 valence electrons. The van der Waals surface area contributed by atoms with Gasteiger partial charge in [-0.05, 0) is 29.8 Å². The fraction of sp³-hybridized carbons (Fsp3) is 0.0667. The number of hydrogen-bond donors (Lipinski definition) is 0. The first-order chi connectivity index (χ1) is 8.76. The van der Waals surface area contributed by atoms with Crippen LogP contribution in [-0.4, -0.2) is 18.3 Å². The number of hydrogen-bond acceptors (Lipinski definition) is 3. The van der Waals surface area contributed by atoms with Gasteiger partial charge < -0.3 is 4.74 Å². The zero-order valence-electron chi connectivity index (χ0n) is 9.92. The third-order valence-electron chi connectivity index (χ3n) is 2.68. The van der Waals surface area contributed by atoms with Crippen LogP contribution in [0.25, 0.3) is 0 Å². The molecule has 0 saturated heterocycles. The Morgan fingerprint density at radius 3 is 2.39 bits per heavy atom. The standard InChI is InChI=1S/C15H12O2S/c1-17-13-8-6-11(7-9-13)15(16)14-5-3-2-4-12(14)10-18/h2-10H,1H3. The fourth-order valence-corrected chi connectivity index (χ4v) is 1.91. The van der Waals surface area contributed by atoms with Gasteiger partial charge in [0.25, 0.3) is 0 Å². The van der Waals surface area contributed by atoms with Crippen LogP contribution >= 0.6 is 12.2 Å². The molecular formula is C15H12O2S. The Bertz CT molecular complexity index is 573. The van der Waals surface area contributed by atoms with Gasteiger partial charge in [0, 0.05) is 16.5 Å². The van der Waals surface area contributed by atoms with Crippen LogP contribution in [0.1, 0.15) is 21.5 Å². The van der Waals surface area contributed by atoms with Gasteiger partial charge in [0.15, 0.2) is 5.78 Å². The lowest BCUT2D eigenvalue weighted by molar-refractivity contribution is 0.103. The maximum Gasteiger partial charge on any atom is 0.193 e. The Hall–Kier alpha value is -2.00. The molecule has 0 N–H and O–H groups in total. The maximum absolute atomic E-state index is 12.3. The monoisotopic (exact) mass is 256 g/mol. The van der Waals surface area contributed by atoms with E-state index in [2.05, 4.69) is 0 Å². The van der Waals surface area contributed by atoms with Crippen LogP contribution in [0, 0.1) is 0 Å². The number of ketones is 1. The average molecular weight is 256 g/mol. The van der Waals surface area contributed by atoms with Gasteiger partial charge in [0.05, 0.1) is 7.11 Å². The van der Waals surface area contributed by atoms with E-state index in [1.54, 1.807) is 37.4 Å². The summed E-state index contributed by atoms with van der Waals surface area (Å²) in [6.07, 6.45) is 0. The van der Waals surface area contributed by atoms with Gasteiger partial charge in [-0.3, -0.25) is 4.79 Å². The SMILES string of the molecule is COc1ccc(C(=O)c2ccccc2C=S)cc1. The molecule has 0 aromatic heterocycles. The van der Waals surface area contributed by atoms with E-state index in [0.717, 1.165) is 11.3 Å². The van der Waals surface area contributed by atoms with Crippen molar-refractivity contribution in [1.82, 2.24) is 0 Å². The lowest BCUT2D eigenvalue weighted by Gasteiger charge is -2.05. The van der Waals surface area contributed by atoms with Crippen molar-refractivity contribution in [2.75, 3.05) is 7.11 Å². The van der Waals surface area contributed by atoms with E-state index in [0.29, 0.717) is 11.1 Å². The molecule has 0 amide bonds. The molecule has 0 saturated carbocycles. The summed E-state index contributed by atoms with van der Waals surface area (Å²) in [5.41, 5.74) is 2.02. The number of carbonyl (C=O) groups is 1. The van der Waals surface area contributed by atoms with Crippen molar-refractivity contribution in [3.05, 3.63) is 65.2 Å². The first kappa shape index (κ1) is 12.5. The van der Waals surface area contributed by atoms with E-state index in [9.17, 15) is 4.79 Å². The largest absolute Gasteiger partial charge is 0.497 e. The molecule has 2 aromatic rings. The normalized spacial score (nSPS) is 9.83. The van der Waals surface area contributed by atoms with Crippen molar-refractivity contribution >= 4 is 23.4 Å². The smallest absolute Gasteiger partial charge is 0.193 e. The Morgan fingerprint density at radius 1 is 1.11 bits per heavy atom. The lowest BCUT2D eigenvalue weighted by atomic mass is 9.99. The number of rotatable bonds is 4. The highest BCUT2D eigenvalue weighted by molar-refractivity contribution is 7.79. The summed E-state index contributed by atoms with van der Waals surface area (Å²) < 4.78 is 5.07. The van der Waals surface area contributed by atoms with Crippen LogP contribution in [0.2, 0.25) is 0 Å². The molecule has 0 aliphatic carbocycles. The van der Waals surface area contributed by atoms with Gasteiger partial charge in [-0.2, -0.15) is 0 Å². The molecule has 18 heavy (non-hydrogen) atoms. The van der Waals surface area contributed by atoms with Crippen LogP contribution < -0.4 is 4.74 Å². The molecule has 0 spiro atoms.